The van der Waals surface area contributed by atoms with Crippen molar-refractivity contribution in [2.45, 2.75) is 64.6 Å². The fourth-order valence-electron chi connectivity index (χ4n) is 4.89. The van der Waals surface area contributed by atoms with Crippen LogP contribution in [0, 0.1) is 5.92 Å². The number of rotatable bonds is 19. The molecule has 0 aromatic heterocycles. The molecular weight excluding hydrogens is 670 g/mol. The first-order valence-electron chi connectivity index (χ1n) is 16.5. The van der Waals surface area contributed by atoms with Gasteiger partial charge in [0.05, 0.1) is 5.69 Å². The first kappa shape index (κ1) is 41.9. The van der Waals surface area contributed by atoms with E-state index in [0.29, 0.717) is 23.2 Å². The fraction of sp³-hybridized carbons (Fsp3) is 0.371. The number of benzene rings is 2. The number of imide groups is 1. The molecule has 0 spiro atoms. The average Bonchev–Trinajstić information content (AvgIpc) is 3.07. The predicted molar refractivity (Wildman–Crippen MR) is 198 cm³/mol. The summed E-state index contributed by atoms with van der Waals surface area (Å²) in [5.74, 6) is -4.79. The van der Waals surface area contributed by atoms with Gasteiger partial charge in [-0.3, -0.25) is 38.7 Å². The third-order valence-electron chi connectivity index (χ3n) is 7.40. The second-order valence-electron chi connectivity index (χ2n) is 12.3. The maximum atomic E-state index is 13.8. The van der Waals surface area contributed by atoms with E-state index in [1.807, 2.05) is 19.9 Å². The molecule has 2 aromatic rings. The van der Waals surface area contributed by atoms with Gasteiger partial charge in [-0.1, -0.05) is 56.3 Å². The van der Waals surface area contributed by atoms with Gasteiger partial charge in [0.1, 0.15) is 24.7 Å². The van der Waals surface area contributed by atoms with Crippen molar-refractivity contribution in [3.05, 3.63) is 71.8 Å². The van der Waals surface area contributed by atoms with E-state index in [4.69, 9.17) is 28.7 Å². The summed E-state index contributed by atoms with van der Waals surface area (Å²) >= 11 is 0. The normalized spacial score (nSPS) is 12.5. The molecule has 13 N–H and O–H groups in total. The zero-order valence-electron chi connectivity index (χ0n) is 29.6. The number of carbonyl (C=O) groups is 6. The van der Waals surface area contributed by atoms with Gasteiger partial charge in [-0.25, -0.2) is 4.99 Å². The summed E-state index contributed by atoms with van der Waals surface area (Å²) in [5, 5.41) is 7.88. The zero-order valence-corrected chi connectivity index (χ0v) is 29.6. The molecule has 0 aliphatic carbocycles. The smallest absolute Gasteiger partial charge is 0.253 e. The molecule has 0 saturated carbocycles. The van der Waals surface area contributed by atoms with Crippen molar-refractivity contribution < 1.29 is 28.8 Å². The van der Waals surface area contributed by atoms with Gasteiger partial charge < -0.3 is 44.6 Å². The van der Waals surface area contributed by atoms with Crippen LogP contribution in [0.15, 0.2) is 70.7 Å². The highest BCUT2D eigenvalue weighted by atomic mass is 16.2. The Bertz CT molecular complexity index is 1630. The lowest BCUT2D eigenvalue weighted by Crippen LogP contribution is -2.57. The predicted octanol–water partition coefficient (Wildman–Crippen LogP) is -0.738. The number of hydrogen-bond acceptors (Lipinski definition) is 8. The standard InChI is InChI=1S/C35H49N11O6/c1-21(2)18-27(32(51)44-26(31(36)50)10-7-17-41-34(37)38)45-33(52)28(19-24-11-14-25(15-12-24)42-35(39)40)43-29(48)20-46(22(3)47)30(49)16-13-23-8-5-4-6-9-23/h4-6,8-9,11-16,21,26-28H,7,10,17-20H2,1-3H3,(H2,36,50)(H,43,48)(H,44,51)(H,45,52)(H4,37,38,41)(H4,39,40,42)/b16-13+. The summed E-state index contributed by atoms with van der Waals surface area (Å²) in [6.45, 7) is 4.34. The van der Waals surface area contributed by atoms with Gasteiger partial charge >= 0.3 is 0 Å². The van der Waals surface area contributed by atoms with E-state index in [0.717, 1.165) is 11.8 Å². The highest BCUT2D eigenvalue weighted by molar-refractivity contribution is 6.05. The van der Waals surface area contributed by atoms with Crippen molar-refractivity contribution in [1.29, 1.82) is 0 Å². The summed E-state index contributed by atoms with van der Waals surface area (Å²) in [5.41, 5.74) is 28.9. The lowest BCUT2D eigenvalue weighted by Gasteiger charge is -2.26. The lowest BCUT2D eigenvalue weighted by molar-refractivity contribution is -0.144. The maximum Gasteiger partial charge on any atom is 0.253 e. The monoisotopic (exact) mass is 719 g/mol. The lowest BCUT2D eigenvalue weighted by atomic mass is 10.00. The molecule has 52 heavy (non-hydrogen) atoms. The first-order chi connectivity index (χ1) is 24.5. The maximum absolute atomic E-state index is 13.8. The highest BCUT2D eigenvalue weighted by Gasteiger charge is 2.30. The Morgan fingerprint density at radius 1 is 0.788 bits per heavy atom. The van der Waals surface area contributed by atoms with E-state index in [1.165, 1.54) is 12.2 Å². The Morgan fingerprint density at radius 2 is 1.40 bits per heavy atom. The van der Waals surface area contributed by atoms with Crippen molar-refractivity contribution in [3.63, 3.8) is 0 Å². The van der Waals surface area contributed by atoms with Crippen molar-refractivity contribution in [2.24, 2.45) is 44.6 Å². The molecule has 0 heterocycles. The zero-order chi connectivity index (χ0) is 38.8. The topological polar surface area (TPSA) is 297 Å². The van der Waals surface area contributed by atoms with Gasteiger partial charge in [-0.15, -0.1) is 0 Å². The molecule has 0 aliphatic heterocycles. The molecule has 0 aliphatic rings. The molecule has 2 rings (SSSR count). The van der Waals surface area contributed by atoms with Crippen LogP contribution in [-0.4, -0.2) is 83.5 Å². The van der Waals surface area contributed by atoms with E-state index in [1.54, 1.807) is 48.5 Å². The van der Waals surface area contributed by atoms with E-state index >= 15 is 0 Å². The van der Waals surface area contributed by atoms with Crippen LogP contribution in [0.3, 0.4) is 0 Å². The van der Waals surface area contributed by atoms with Crippen LogP contribution in [-0.2, 0) is 35.2 Å². The molecular formula is C35H49N11O6. The summed E-state index contributed by atoms with van der Waals surface area (Å²) in [6, 6.07) is 11.9. The molecule has 0 radical (unpaired) electrons. The molecule has 0 saturated heterocycles. The summed E-state index contributed by atoms with van der Waals surface area (Å²) < 4.78 is 0. The minimum Gasteiger partial charge on any atom is -0.370 e. The minimum atomic E-state index is -1.28. The van der Waals surface area contributed by atoms with Crippen molar-refractivity contribution in [3.8, 4) is 0 Å². The number of carbonyl (C=O) groups excluding carboxylic acids is 6. The number of nitrogens with one attached hydrogen (secondary N) is 3. The van der Waals surface area contributed by atoms with Crippen LogP contribution in [0.2, 0.25) is 0 Å². The van der Waals surface area contributed by atoms with Crippen molar-refractivity contribution in [1.82, 2.24) is 20.9 Å². The van der Waals surface area contributed by atoms with E-state index in [9.17, 15) is 28.8 Å². The number of hydrogen-bond donors (Lipinski definition) is 8. The molecule has 0 fully saturated rings. The number of amides is 6. The van der Waals surface area contributed by atoms with Gasteiger partial charge in [-0.2, -0.15) is 0 Å². The van der Waals surface area contributed by atoms with Crippen LogP contribution in [0.4, 0.5) is 5.69 Å². The highest BCUT2D eigenvalue weighted by Crippen LogP contribution is 2.15. The van der Waals surface area contributed by atoms with E-state index < -0.39 is 60.1 Å². The van der Waals surface area contributed by atoms with Crippen LogP contribution < -0.4 is 44.6 Å². The number of guanidine groups is 2. The molecule has 3 atom stereocenters. The molecule has 2 aromatic carbocycles. The van der Waals surface area contributed by atoms with Gasteiger partial charge in [0.15, 0.2) is 11.9 Å². The number of nitrogens with zero attached hydrogens (tertiary/aromatic N) is 3. The van der Waals surface area contributed by atoms with Crippen LogP contribution in [0.1, 0.15) is 51.2 Å². The molecule has 0 bridgehead atoms. The molecule has 6 amide bonds. The molecule has 17 heteroatoms. The molecule has 280 valence electrons. The van der Waals surface area contributed by atoms with Crippen molar-refractivity contribution in [2.75, 3.05) is 13.1 Å². The Labute approximate surface area is 302 Å². The number of nitrogens with two attached hydrogens (primary N) is 5. The fourth-order valence-corrected chi connectivity index (χ4v) is 4.89. The SMILES string of the molecule is CC(=O)N(CC(=O)NC(Cc1ccc(N=C(N)N)cc1)C(=O)NC(CC(C)C)C(=O)NC(CCCN=C(N)N)C(N)=O)C(=O)/C=C/c1ccccc1. The minimum absolute atomic E-state index is 0.0632. The second kappa shape index (κ2) is 21.1. The Balaban J connectivity index is 2.32. The van der Waals surface area contributed by atoms with Gasteiger partial charge in [0.2, 0.25) is 29.5 Å². The summed E-state index contributed by atoms with van der Waals surface area (Å²) in [6.07, 6.45) is 3.26. The van der Waals surface area contributed by atoms with Crippen LogP contribution in [0.25, 0.3) is 6.08 Å². The first-order valence-corrected chi connectivity index (χ1v) is 16.5. The Hall–Kier alpha value is -6.26. The largest absolute Gasteiger partial charge is 0.370 e. The molecule has 3 unspecified atom stereocenters. The van der Waals surface area contributed by atoms with Gasteiger partial charge in [0, 0.05) is 26.0 Å². The summed E-state index contributed by atoms with van der Waals surface area (Å²) in [4.78, 5) is 86.7. The average molecular weight is 720 g/mol. The van der Waals surface area contributed by atoms with Gasteiger partial charge in [-0.05, 0) is 54.5 Å². The molecule has 17 nitrogen and oxygen atoms in total. The van der Waals surface area contributed by atoms with Crippen LogP contribution >= 0.6 is 0 Å². The Kier molecular flexibility index (Phi) is 17.0. The second-order valence-corrected chi connectivity index (χ2v) is 12.3. The van der Waals surface area contributed by atoms with Crippen molar-refractivity contribution >= 4 is 59.1 Å². The van der Waals surface area contributed by atoms with Crippen LogP contribution in [0.5, 0.6) is 0 Å². The van der Waals surface area contributed by atoms with E-state index in [-0.39, 0.29) is 43.6 Å². The number of primary amides is 1. The quantitative estimate of drug-likeness (QED) is 0.0389. The number of aliphatic imine (C=N–C) groups is 2. The third-order valence-corrected chi connectivity index (χ3v) is 7.40. The van der Waals surface area contributed by atoms with Gasteiger partial charge in [0.25, 0.3) is 5.91 Å². The van der Waals surface area contributed by atoms with E-state index in [2.05, 4.69) is 25.9 Å². The third kappa shape index (κ3) is 15.5. The summed E-state index contributed by atoms with van der Waals surface area (Å²) in [7, 11) is 0. The Morgan fingerprint density at radius 3 is 1.96 bits per heavy atom.